The number of methoxy groups -OCH3 is 1. The first-order chi connectivity index (χ1) is 5.16. The first kappa shape index (κ1) is 9.91. The lowest BCUT2D eigenvalue weighted by Crippen LogP contribution is -1.90. The average Bonchev–Trinajstić information content (AvgIpc) is 1.99. The van der Waals surface area contributed by atoms with E-state index >= 15 is 0 Å². The highest BCUT2D eigenvalue weighted by atomic mass is 127. The summed E-state index contributed by atoms with van der Waals surface area (Å²) >= 11 is 8.78. The highest BCUT2D eigenvalue weighted by molar-refractivity contribution is 14.1. The number of hydrogen-bond donors (Lipinski definition) is 1. The Hall–Kier alpha value is 0.830. The van der Waals surface area contributed by atoms with Gasteiger partial charge in [0, 0.05) is 8.47 Å². The van der Waals surface area contributed by atoms with Crippen molar-refractivity contribution in [2.45, 2.75) is 4.90 Å². The van der Waals surface area contributed by atoms with E-state index < -0.39 is 0 Å². The SMILES string of the molecule is COc1c(S)ccc(I)c1I. The maximum absolute atomic E-state index is 5.17. The van der Waals surface area contributed by atoms with Crippen molar-refractivity contribution >= 4 is 57.8 Å². The van der Waals surface area contributed by atoms with Gasteiger partial charge in [-0.2, -0.15) is 0 Å². The molecule has 0 atom stereocenters. The monoisotopic (exact) mass is 392 g/mol. The summed E-state index contributed by atoms with van der Waals surface area (Å²) < 4.78 is 7.48. The third-order valence-electron chi connectivity index (χ3n) is 1.23. The van der Waals surface area contributed by atoms with Crippen LogP contribution in [0.2, 0.25) is 0 Å². The van der Waals surface area contributed by atoms with Crippen molar-refractivity contribution in [1.29, 1.82) is 0 Å². The second-order valence-electron chi connectivity index (χ2n) is 1.91. The summed E-state index contributed by atoms with van der Waals surface area (Å²) in [4.78, 5) is 0.886. The van der Waals surface area contributed by atoms with E-state index in [4.69, 9.17) is 4.74 Å². The lowest BCUT2D eigenvalue weighted by atomic mass is 10.3. The van der Waals surface area contributed by atoms with Crippen molar-refractivity contribution < 1.29 is 4.74 Å². The minimum atomic E-state index is 0.862. The van der Waals surface area contributed by atoms with E-state index in [1.807, 2.05) is 12.1 Å². The van der Waals surface area contributed by atoms with Crippen LogP contribution in [0.25, 0.3) is 0 Å². The van der Waals surface area contributed by atoms with Crippen LogP contribution >= 0.6 is 57.8 Å². The molecule has 0 bridgehead atoms. The molecule has 60 valence electrons. The molecule has 0 aromatic heterocycles. The average molecular weight is 392 g/mol. The maximum atomic E-state index is 5.17. The van der Waals surface area contributed by atoms with Gasteiger partial charge in [0.25, 0.3) is 0 Å². The summed E-state index contributed by atoms with van der Waals surface area (Å²) in [5.74, 6) is 0.862. The lowest BCUT2D eigenvalue weighted by Gasteiger charge is -2.06. The number of rotatable bonds is 1. The molecule has 4 heteroatoms. The van der Waals surface area contributed by atoms with Crippen LogP contribution in [0.3, 0.4) is 0 Å². The van der Waals surface area contributed by atoms with Gasteiger partial charge in [0.2, 0.25) is 0 Å². The van der Waals surface area contributed by atoms with Crippen LogP contribution in [0.1, 0.15) is 0 Å². The molecule has 1 nitrogen and oxygen atoms in total. The molecule has 11 heavy (non-hydrogen) atoms. The van der Waals surface area contributed by atoms with Crippen molar-refractivity contribution in [1.82, 2.24) is 0 Å². The molecule has 0 spiro atoms. The van der Waals surface area contributed by atoms with Crippen LogP contribution in [0.4, 0.5) is 0 Å². The summed E-state index contributed by atoms with van der Waals surface area (Å²) in [5.41, 5.74) is 0. The molecule has 0 radical (unpaired) electrons. The molecule has 0 N–H and O–H groups in total. The third kappa shape index (κ3) is 2.15. The quantitative estimate of drug-likeness (QED) is 0.571. The van der Waals surface area contributed by atoms with Crippen LogP contribution in [-0.4, -0.2) is 7.11 Å². The smallest absolute Gasteiger partial charge is 0.146 e. The van der Waals surface area contributed by atoms with Crippen molar-refractivity contribution in [3.05, 3.63) is 19.3 Å². The van der Waals surface area contributed by atoms with Crippen LogP contribution in [-0.2, 0) is 0 Å². The second kappa shape index (κ2) is 4.18. The Kier molecular flexibility index (Phi) is 3.76. The van der Waals surface area contributed by atoms with Crippen molar-refractivity contribution in [3.63, 3.8) is 0 Å². The Morgan fingerprint density at radius 1 is 1.36 bits per heavy atom. The van der Waals surface area contributed by atoms with Gasteiger partial charge in [-0.05, 0) is 57.3 Å². The Balaban J connectivity index is 3.29. The van der Waals surface area contributed by atoms with E-state index in [2.05, 4.69) is 57.8 Å². The second-order valence-corrected chi connectivity index (χ2v) is 4.64. The molecule has 1 aromatic rings. The maximum Gasteiger partial charge on any atom is 0.146 e. The van der Waals surface area contributed by atoms with Crippen LogP contribution in [0.15, 0.2) is 17.0 Å². The van der Waals surface area contributed by atoms with Crippen molar-refractivity contribution in [3.8, 4) is 5.75 Å². The van der Waals surface area contributed by atoms with Crippen LogP contribution < -0.4 is 4.74 Å². The standard InChI is InChI=1S/C7H6I2OS/c1-10-7-5(11)3-2-4(8)6(7)9/h2-3,11H,1H3. The fourth-order valence-electron chi connectivity index (χ4n) is 0.716. The van der Waals surface area contributed by atoms with E-state index in [1.54, 1.807) is 7.11 Å². The molecule has 1 aromatic carbocycles. The predicted molar refractivity (Wildman–Crippen MR) is 65.7 cm³/mol. The Bertz CT molecular complexity index is 275. The van der Waals surface area contributed by atoms with Gasteiger partial charge in [-0.25, -0.2) is 0 Å². The highest BCUT2D eigenvalue weighted by Crippen LogP contribution is 2.31. The minimum Gasteiger partial charge on any atom is -0.494 e. The van der Waals surface area contributed by atoms with Crippen molar-refractivity contribution in [2.24, 2.45) is 0 Å². The predicted octanol–water partition coefficient (Wildman–Crippen LogP) is 3.19. The molecule has 0 aliphatic carbocycles. The molecule has 1 rings (SSSR count). The number of halogens is 2. The highest BCUT2D eigenvalue weighted by Gasteiger charge is 2.06. The third-order valence-corrected chi connectivity index (χ3v) is 4.59. The van der Waals surface area contributed by atoms with Crippen molar-refractivity contribution in [2.75, 3.05) is 7.11 Å². The molecule has 0 unspecified atom stereocenters. The summed E-state index contributed by atoms with van der Waals surface area (Å²) in [6.45, 7) is 0. The first-order valence-corrected chi connectivity index (χ1v) is 5.48. The summed E-state index contributed by atoms with van der Waals surface area (Å²) in [7, 11) is 1.66. The molecule has 0 heterocycles. The van der Waals surface area contributed by atoms with Gasteiger partial charge in [-0.15, -0.1) is 12.6 Å². The van der Waals surface area contributed by atoms with E-state index in [9.17, 15) is 0 Å². The van der Waals surface area contributed by atoms with Crippen LogP contribution in [0.5, 0.6) is 5.75 Å². The minimum absolute atomic E-state index is 0.862. The molecule has 0 fully saturated rings. The van der Waals surface area contributed by atoms with Gasteiger partial charge in [0.15, 0.2) is 0 Å². The summed E-state index contributed by atoms with van der Waals surface area (Å²) in [5, 5.41) is 0. The molecule has 0 amide bonds. The van der Waals surface area contributed by atoms with Gasteiger partial charge < -0.3 is 4.74 Å². The van der Waals surface area contributed by atoms with E-state index in [-0.39, 0.29) is 0 Å². The molecule has 0 aliphatic heterocycles. The zero-order chi connectivity index (χ0) is 8.43. The Labute approximate surface area is 98.6 Å². The summed E-state index contributed by atoms with van der Waals surface area (Å²) in [6, 6.07) is 3.96. The lowest BCUT2D eigenvalue weighted by molar-refractivity contribution is 0.401. The zero-order valence-electron chi connectivity index (χ0n) is 5.77. The normalized spacial score (nSPS) is 9.82. The number of hydrogen-bond acceptors (Lipinski definition) is 2. The molecular weight excluding hydrogens is 386 g/mol. The number of thiol groups is 1. The number of ether oxygens (including phenoxy) is 1. The van der Waals surface area contributed by atoms with Gasteiger partial charge in [0.1, 0.15) is 5.75 Å². The topological polar surface area (TPSA) is 9.23 Å². The summed E-state index contributed by atoms with van der Waals surface area (Å²) in [6.07, 6.45) is 0. The van der Waals surface area contributed by atoms with Gasteiger partial charge in [-0.1, -0.05) is 0 Å². The fourth-order valence-corrected chi connectivity index (χ4v) is 2.32. The largest absolute Gasteiger partial charge is 0.494 e. The van der Waals surface area contributed by atoms with Gasteiger partial charge >= 0.3 is 0 Å². The Morgan fingerprint density at radius 3 is 2.45 bits per heavy atom. The first-order valence-electron chi connectivity index (χ1n) is 2.87. The molecular formula is C7H6I2OS. The fraction of sp³-hybridized carbons (Fsp3) is 0.143. The van der Waals surface area contributed by atoms with E-state index in [1.165, 1.54) is 3.57 Å². The van der Waals surface area contributed by atoms with Gasteiger partial charge in [-0.3, -0.25) is 0 Å². The van der Waals surface area contributed by atoms with Gasteiger partial charge in [0.05, 0.1) is 10.7 Å². The molecule has 0 saturated heterocycles. The molecule has 0 aliphatic rings. The zero-order valence-corrected chi connectivity index (χ0v) is 11.0. The Morgan fingerprint density at radius 2 is 2.00 bits per heavy atom. The van der Waals surface area contributed by atoms with E-state index in [0.29, 0.717) is 0 Å². The molecule has 0 saturated carbocycles. The number of benzene rings is 1. The van der Waals surface area contributed by atoms with Crippen LogP contribution in [0, 0.1) is 7.14 Å². The van der Waals surface area contributed by atoms with E-state index in [0.717, 1.165) is 14.2 Å².